The summed E-state index contributed by atoms with van der Waals surface area (Å²) in [5.41, 5.74) is 0.458. The second kappa shape index (κ2) is 8.76. The third-order valence-electron chi connectivity index (χ3n) is 2.57. The van der Waals surface area contributed by atoms with Crippen LogP contribution in [-0.2, 0) is 10.0 Å². The number of nitrogens with zero attached hydrogens (tertiary/aromatic N) is 1. The van der Waals surface area contributed by atoms with E-state index in [-0.39, 0.29) is 5.75 Å². The number of rotatable bonds is 10. The van der Waals surface area contributed by atoms with Gasteiger partial charge in [-0.3, -0.25) is 4.72 Å². The third kappa shape index (κ3) is 6.72. The lowest BCUT2D eigenvalue weighted by molar-refractivity contribution is 0.327. The lowest BCUT2D eigenvalue weighted by Gasteiger charge is -2.08. The zero-order chi connectivity index (χ0) is 14.8. The van der Waals surface area contributed by atoms with Gasteiger partial charge in [0, 0.05) is 6.07 Å². The quantitative estimate of drug-likeness (QED) is 0.642. The summed E-state index contributed by atoms with van der Waals surface area (Å²) in [6, 6.07) is 3.29. The Morgan fingerprint density at radius 3 is 2.65 bits per heavy atom. The zero-order valence-electron chi connectivity index (χ0n) is 12.1. The van der Waals surface area contributed by atoms with Crippen LogP contribution in [0.3, 0.4) is 0 Å². The molecule has 0 bridgehead atoms. The van der Waals surface area contributed by atoms with Crippen molar-refractivity contribution >= 4 is 15.7 Å². The van der Waals surface area contributed by atoms with Crippen LogP contribution in [0, 0.1) is 0 Å². The molecule has 0 amide bonds. The van der Waals surface area contributed by atoms with Crippen LogP contribution < -0.4 is 14.8 Å². The highest BCUT2D eigenvalue weighted by Crippen LogP contribution is 2.13. The molecule has 114 valence electrons. The molecule has 1 aromatic heterocycles. The highest BCUT2D eigenvalue weighted by atomic mass is 32.2. The molecule has 0 saturated heterocycles. The Bertz CT molecular complexity index is 474. The van der Waals surface area contributed by atoms with E-state index >= 15 is 0 Å². The number of sulfonamides is 1. The van der Waals surface area contributed by atoms with Gasteiger partial charge in [0.25, 0.3) is 0 Å². The highest BCUT2D eigenvalue weighted by Gasteiger charge is 2.10. The molecule has 1 rings (SSSR count). The fourth-order valence-corrected chi connectivity index (χ4v) is 2.79. The lowest BCUT2D eigenvalue weighted by Crippen LogP contribution is -2.19. The van der Waals surface area contributed by atoms with Crippen LogP contribution in [0.5, 0.6) is 5.88 Å². The summed E-state index contributed by atoms with van der Waals surface area (Å²) in [4.78, 5) is 4.01. The van der Waals surface area contributed by atoms with Crippen molar-refractivity contribution in [1.82, 2.24) is 10.3 Å². The number of hydrogen-bond donors (Lipinski definition) is 2. The lowest BCUT2D eigenvalue weighted by atomic mass is 10.3. The van der Waals surface area contributed by atoms with E-state index in [1.54, 1.807) is 12.1 Å². The number of hydrogen-bond acceptors (Lipinski definition) is 5. The number of nitrogens with one attached hydrogen (secondary N) is 2. The van der Waals surface area contributed by atoms with E-state index in [0.29, 0.717) is 24.6 Å². The number of pyridine rings is 1. The van der Waals surface area contributed by atoms with E-state index in [0.717, 1.165) is 19.5 Å². The number of aromatic nitrogens is 1. The molecular formula is C13H23N3O3S. The van der Waals surface area contributed by atoms with Gasteiger partial charge in [-0.25, -0.2) is 13.4 Å². The molecule has 6 nitrogen and oxygen atoms in total. The van der Waals surface area contributed by atoms with Gasteiger partial charge in [-0.05, 0) is 38.9 Å². The molecule has 0 spiro atoms. The second-order valence-electron chi connectivity index (χ2n) is 4.30. The Kier molecular flexibility index (Phi) is 7.32. The maximum absolute atomic E-state index is 11.9. The smallest absolute Gasteiger partial charge is 0.232 e. The summed E-state index contributed by atoms with van der Waals surface area (Å²) in [6.07, 6.45) is 2.93. The van der Waals surface area contributed by atoms with E-state index in [2.05, 4.69) is 15.0 Å². The fraction of sp³-hybridized carbons (Fsp3) is 0.615. The topological polar surface area (TPSA) is 80.3 Å². The van der Waals surface area contributed by atoms with Gasteiger partial charge in [0.15, 0.2) is 0 Å². The van der Waals surface area contributed by atoms with Gasteiger partial charge >= 0.3 is 0 Å². The molecule has 0 aliphatic rings. The summed E-state index contributed by atoms with van der Waals surface area (Å²) >= 11 is 0. The predicted octanol–water partition coefficient (Wildman–Crippen LogP) is 1.61. The average molecular weight is 301 g/mol. The monoisotopic (exact) mass is 301 g/mol. The molecule has 20 heavy (non-hydrogen) atoms. The SMILES string of the molecule is CCNCCCCS(=O)(=O)Nc1ccc(OCC)nc1. The van der Waals surface area contributed by atoms with Crippen LogP contribution in [0.25, 0.3) is 0 Å². The van der Waals surface area contributed by atoms with Gasteiger partial charge in [-0.15, -0.1) is 0 Å². The molecule has 7 heteroatoms. The maximum Gasteiger partial charge on any atom is 0.232 e. The fourth-order valence-electron chi connectivity index (χ4n) is 1.62. The van der Waals surface area contributed by atoms with Gasteiger partial charge in [-0.1, -0.05) is 6.92 Å². The van der Waals surface area contributed by atoms with Crippen molar-refractivity contribution in [3.63, 3.8) is 0 Å². The number of ether oxygens (including phenoxy) is 1. The van der Waals surface area contributed by atoms with Crippen molar-refractivity contribution in [2.75, 3.05) is 30.2 Å². The van der Waals surface area contributed by atoms with Crippen LogP contribution in [-0.4, -0.2) is 38.9 Å². The van der Waals surface area contributed by atoms with Crippen molar-refractivity contribution in [3.8, 4) is 5.88 Å². The third-order valence-corrected chi connectivity index (χ3v) is 3.94. The average Bonchev–Trinajstić information content (AvgIpc) is 2.41. The molecular weight excluding hydrogens is 278 g/mol. The van der Waals surface area contributed by atoms with Gasteiger partial charge < -0.3 is 10.1 Å². The molecule has 0 saturated carbocycles. The van der Waals surface area contributed by atoms with Crippen molar-refractivity contribution in [2.45, 2.75) is 26.7 Å². The van der Waals surface area contributed by atoms with E-state index in [4.69, 9.17) is 4.74 Å². The van der Waals surface area contributed by atoms with Crippen LogP contribution in [0.1, 0.15) is 26.7 Å². The van der Waals surface area contributed by atoms with Gasteiger partial charge in [0.1, 0.15) is 0 Å². The molecule has 1 aromatic rings. The number of anilines is 1. The van der Waals surface area contributed by atoms with E-state index in [1.807, 2.05) is 13.8 Å². The van der Waals surface area contributed by atoms with E-state index < -0.39 is 10.0 Å². The van der Waals surface area contributed by atoms with Crippen LogP contribution >= 0.6 is 0 Å². The van der Waals surface area contributed by atoms with Gasteiger partial charge in [-0.2, -0.15) is 0 Å². The summed E-state index contributed by atoms with van der Waals surface area (Å²) in [5, 5.41) is 3.16. The summed E-state index contributed by atoms with van der Waals surface area (Å²) in [6.45, 7) is 6.17. The molecule has 0 unspecified atom stereocenters. The highest BCUT2D eigenvalue weighted by molar-refractivity contribution is 7.92. The van der Waals surface area contributed by atoms with Crippen molar-refractivity contribution < 1.29 is 13.2 Å². The summed E-state index contributed by atoms with van der Waals surface area (Å²) < 4.78 is 31.4. The first kappa shape index (κ1) is 16.7. The first-order valence-corrected chi connectivity index (χ1v) is 8.52. The Hall–Kier alpha value is -1.34. The van der Waals surface area contributed by atoms with Crippen molar-refractivity contribution in [3.05, 3.63) is 18.3 Å². The number of unbranched alkanes of at least 4 members (excludes halogenated alkanes) is 1. The normalized spacial score (nSPS) is 11.3. The molecule has 2 N–H and O–H groups in total. The second-order valence-corrected chi connectivity index (χ2v) is 6.14. The predicted molar refractivity (Wildman–Crippen MR) is 80.6 cm³/mol. The van der Waals surface area contributed by atoms with Crippen LogP contribution in [0.2, 0.25) is 0 Å². The molecule has 0 fully saturated rings. The van der Waals surface area contributed by atoms with Crippen LogP contribution in [0.4, 0.5) is 5.69 Å². The molecule has 0 aliphatic heterocycles. The summed E-state index contributed by atoms with van der Waals surface area (Å²) in [7, 11) is -3.31. The minimum absolute atomic E-state index is 0.117. The standard InChI is InChI=1S/C13H23N3O3S/c1-3-14-9-5-6-10-20(17,18)16-12-7-8-13(15-11-12)19-4-2/h7-8,11,14,16H,3-6,9-10H2,1-2H3. The minimum Gasteiger partial charge on any atom is -0.478 e. The van der Waals surface area contributed by atoms with E-state index in [1.165, 1.54) is 6.20 Å². The Morgan fingerprint density at radius 1 is 1.25 bits per heavy atom. The van der Waals surface area contributed by atoms with Gasteiger partial charge in [0.05, 0.1) is 24.2 Å². The first-order valence-electron chi connectivity index (χ1n) is 6.87. The Balaban J connectivity index is 2.41. The molecule has 0 atom stereocenters. The Morgan fingerprint density at radius 2 is 2.05 bits per heavy atom. The zero-order valence-corrected chi connectivity index (χ0v) is 12.9. The Labute approximate surface area is 121 Å². The largest absolute Gasteiger partial charge is 0.478 e. The molecule has 0 aromatic carbocycles. The first-order chi connectivity index (χ1) is 9.57. The minimum atomic E-state index is -3.31. The van der Waals surface area contributed by atoms with Gasteiger partial charge in [0.2, 0.25) is 15.9 Å². The van der Waals surface area contributed by atoms with Crippen molar-refractivity contribution in [1.29, 1.82) is 0 Å². The molecule has 0 radical (unpaired) electrons. The summed E-state index contributed by atoms with van der Waals surface area (Å²) in [5.74, 6) is 0.604. The maximum atomic E-state index is 11.9. The van der Waals surface area contributed by atoms with Crippen molar-refractivity contribution in [2.24, 2.45) is 0 Å². The molecule has 1 heterocycles. The van der Waals surface area contributed by atoms with E-state index in [9.17, 15) is 8.42 Å². The molecule has 0 aliphatic carbocycles. The van der Waals surface area contributed by atoms with Crippen LogP contribution in [0.15, 0.2) is 18.3 Å².